The van der Waals surface area contributed by atoms with Crippen LogP contribution in [0.5, 0.6) is 11.6 Å². The molecule has 2 amide bonds. The third-order valence-electron chi connectivity index (χ3n) is 4.57. The maximum Gasteiger partial charge on any atom is 0.422 e. The fourth-order valence-corrected chi connectivity index (χ4v) is 3.05. The lowest BCUT2D eigenvalue weighted by molar-refractivity contribution is -0.154. The van der Waals surface area contributed by atoms with Crippen molar-refractivity contribution in [3.63, 3.8) is 0 Å². The second-order valence-electron chi connectivity index (χ2n) is 7.08. The topological polar surface area (TPSA) is 72.5 Å². The zero-order chi connectivity index (χ0) is 23.7. The highest BCUT2D eigenvalue weighted by atomic mass is 19.4. The number of halogens is 3. The van der Waals surface area contributed by atoms with E-state index in [0.29, 0.717) is 12.2 Å². The summed E-state index contributed by atoms with van der Waals surface area (Å²) in [5.41, 5.74) is 2.40. The molecule has 0 aliphatic rings. The van der Waals surface area contributed by atoms with E-state index in [1.165, 1.54) is 12.3 Å². The van der Waals surface area contributed by atoms with E-state index in [2.05, 4.69) is 20.4 Å². The summed E-state index contributed by atoms with van der Waals surface area (Å²) in [5.74, 6) is 0.604. The highest BCUT2D eigenvalue weighted by Crippen LogP contribution is 2.24. The normalized spacial score (nSPS) is 12.0. The number of urea groups is 1. The van der Waals surface area contributed by atoms with Gasteiger partial charge in [0.05, 0.1) is 12.6 Å². The lowest BCUT2D eigenvalue weighted by Gasteiger charge is -2.20. The number of alkyl halides is 3. The van der Waals surface area contributed by atoms with Gasteiger partial charge in [0, 0.05) is 18.8 Å². The number of amides is 2. The van der Waals surface area contributed by atoms with Crippen molar-refractivity contribution in [3.8, 4) is 11.6 Å². The second-order valence-corrected chi connectivity index (χ2v) is 7.08. The average molecular weight is 459 g/mol. The molecule has 3 rings (SSSR count). The molecule has 0 bridgehead atoms. The van der Waals surface area contributed by atoms with Crippen molar-refractivity contribution in [2.75, 3.05) is 13.2 Å². The van der Waals surface area contributed by atoms with Gasteiger partial charge in [-0.15, -0.1) is 0 Å². The number of hydrogen-bond acceptors (Lipinski definition) is 4. The van der Waals surface area contributed by atoms with Crippen molar-refractivity contribution in [2.24, 2.45) is 0 Å². The molecule has 0 fully saturated rings. The van der Waals surface area contributed by atoms with E-state index in [0.717, 1.165) is 16.9 Å². The minimum absolute atomic E-state index is 0.139. The lowest BCUT2D eigenvalue weighted by atomic mass is 9.99. The van der Waals surface area contributed by atoms with E-state index < -0.39 is 24.9 Å². The van der Waals surface area contributed by atoms with E-state index in [-0.39, 0.29) is 12.4 Å². The summed E-state index contributed by atoms with van der Waals surface area (Å²) in [6.07, 6.45) is -3.08. The number of hydrogen-bond donors (Lipinski definition) is 2. The van der Waals surface area contributed by atoms with Crippen molar-refractivity contribution < 1.29 is 27.4 Å². The lowest BCUT2D eigenvalue weighted by Crippen LogP contribution is -2.38. The van der Waals surface area contributed by atoms with E-state index in [1.807, 2.05) is 61.5 Å². The monoisotopic (exact) mass is 459 g/mol. The third kappa shape index (κ3) is 7.71. The van der Waals surface area contributed by atoms with Crippen LogP contribution in [0.4, 0.5) is 18.0 Å². The number of benzene rings is 2. The van der Waals surface area contributed by atoms with Crippen LogP contribution in [0.2, 0.25) is 0 Å². The number of rotatable bonds is 9. The molecule has 1 unspecified atom stereocenters. The van der Waals surface area contributed by atoms with Crippen molar-refractivity contribution in [2.45, 2.75) is 25.7 Å². The standard InChI is InChI=1S/C24H24F3N3O3/c1-2-32-20-11-9-19(10-12-20)22(18-6-4-3-5-7-18)30-23(31)29-15-17-8-13-21(28-14-17)33-16-24(25,26)27/h3-14,22H,2,15-16H2,1H3,(H2,29,30,31). The minimum Gasteiger partial charge on any atom is -0.494 e. The van der Waals surface area contributed by atoms with Crippen LogP contribution in [-0.2, 0) is 6.54 Å². The first kappa shape index (κ1) is 23.9. The van der Waals surface area contributed by atoms with Crippen molar-refractivity contribution in [1.82, 2.24) is 15.6 Å². The second kappa shape index (κ2) is 11.2. The summed E-state index contributed by atoms with van der Waals surface area (Å²) in [6.45, 7) is 1.20. The highest BCUT2D eigenvalue weighted by Gasteiger charge is 2.28. The molecule has 1 atom stereocenters. The van der Waals surface area contributed by atoms with Crippen LogP contribution in [-0.4, -0.2) is 30.4 Å². The summed E-state index contributed by atoms with van der Waals surface area (Å²) in [6, 6.07) is 19.1. The number of pyridine rings is 1. The van der Waals surface area contributed by atoms with Crippen molar-refractivity contribution >= 4 is 6.03 Å². The molecule has 0 saturated carbocycles. The van der Waals surface area contributed by atoms with Gasteiger partial charge < -0.3 is 20.1 Å². The predicted molar refractivity (Wildman–Crippen MR) is 117 cm³/mol. The summed E-state index contributed by atoms with van der Waals surface area (Å²) >= 11 is 0. The number of carbonyl (C=O) groups excluding carboxylic acids is 1. The molecule has 1 heterocycles. The Morgan fingerprint density at radius 1 is 0.970 bits per heavy atom. The minimum atomic E-state index is -4.43. The zero-order valence-corrected chi connectivity index (χ0v) is 17.9. The van der Waals surface area contributed by atoms with E-state index in [1.54, 1.807) is 6.07 Å². The summed E-state index contributed by atoms with van der Waals surface area (Å²) < 4.78 is 46.7. The van der Waals surface area contributed by atoms with Gasteiger partial charge in [0.25, 0.3) is 0 Å². The number of nitrogens with one attached hydrogen (secondary N) is 2. The molecule has 33 heavy (non-hydrogen) atoms. The van der Waals surface area contributed by atoms with E-state index >= 15 is 0 Å². The molecule has 9 heteroatoms. The third-order valence-corrected chi connectivity index (χ3v) is 4.57. The zero-order valence-electron chi connectivity index (χ0n) is 17.9. The Balaban J connectivity index is 1.61. The molecule has 0 aliphatic carbocycles. The van der Waals surface area contributed by atoms with Crippen LogP contribution in [0.3, 0.4) is 0 Å². The van der Waals surface area contributed by atoms with Crippen LogP contribution in [0.25, 0.3) is 0 Å². The molecule has 0 radical (unpaired) electrons. The van der Waals surface area contributed by atoms with Gasteiger partial charge in [0.15, 0.2) is 6.61 Å². The number of aromatic nitrogens is 1. The summed E-state index contributed by atoms with van der Waals surface area (Å²) in [4.78, 5) is 16.4. The highest BCUT2D eigenvalue weighted by molar-refractivity contribution is 5.75. The van der Waals surface area contributed by atoms with Crippen LogP contribution in [0, 0.1) is 0 Å². The molecule has 0 saturated heterocycles. The molecular weight excluding hydrogens is 435 g/mol. The first-order valence-electron chi connectivity index (χ1n) is 10.3. The van der Waals surface area contributed by atoms with Crippen LogP contribution < -0.4 is 20.1 Å². The molecule has 0 spiro atoms. The smallest absolute Gasteiger partial charge is 0.422 e. The Hall–Kier alpha value is -3.75. The van der Waals surface area contributed by atoms with Gasteiger partial charge in [-0.1, -0.05) is 48.5 Å². The molecular formula is C24H24F3N3O3. The Morgan fingerprint density at radius 3 is 2.27 bits per heavy atom. The van der Waals surface area contributed by atoms with E-state index in [4.69, 9.17) is 4.74 Å². The van der Waals surface area contributed by atoms with Crippen LogP contribution >= 0.6 is 0 Å². The molecule has 6 nitrogen and oxygen atoms in total. The maximum atomic E-state index is 12.6. The van der Waals surface area contributed by atoms with Crippen molar-refractivity contribution in [3.05, 3.63) is 89.6 Å². The summed E-state index contributed by atoms with van der Waals surface area (Å²) in [5, 5.41) is 5.70. The number of ether oxygens (including phenoxy) is 2. The Morgan fingerprint density at radius 2 is 1.67 bits per heavy atom. The van der Waals surface area contributed by atoms with Gasteiger partial charge in [-0.3, -0.25) is 0 Å². The molecule has 2 N–H and O–H groups in total. The first-order valence-corrected chi connectivity index (χ1v) is 10.3. The maximum absolute atomic E-state index is 12.6. The Bertz CT molecular complexity index is 1010. The van der Waals surface area contributed by atoms with Gasteiger partial charge in [-0.05, 0) is 35.7 Å². The Kier molecular flexibility index (Phi) is 8.12. The molecule has 3 aromatic rings. The van der Waals surface area contributed by atoms with Crippen LogP contribution in [0.15, 0.2) is 72.9 Å². The quantitative estimate of drug-likeness (QED) is 0.472. The predicted octanol–water partition coefficient (Wildman–Crippen LogP) is 5.01. The molecule has 1 aromatic heterocycles. The first-order chi connectivity index (χ1) is 15.8. The summed E-state index contributed by atoms with van der Waals surface area (Å²) in [7, 11) is 0. The van der Waals surface area contributed by atoms with Gasteiger partial charge in [-0.2, -0.15) is 13.2 Å². The van der Waals surface area contributed by atoms with Gasteiger partial charge in [0.2, 0.25) is 5.88 Å². The van der Waals surface area contributed by atoms with Gasteiger partial charge >= 0.3 is 12.2 Å². The molecule has 0 aliphatic heterocycles. The molecule has 2 aromatic carbocycles. The Labute approximate surface area is 189 Å². The van der Waals surface area contributed by atoms with Gasteiger partial charge in [-0.25, -0.2) is 9.78 Å². The largest absolute Gasteiger partial charge is 0.494 e. The van der Waals surface area contributed by atoms with Crippen molar-refractivity contribution in [1.29, 1.82) is 0 Å². The fraction of sp³-hybridized carbons (Fsp3) is 0.250. The fourth-order valence-electron chi connectivity index (χ4n) is 3.05. The van der Waals surface area contributed by atoms with Crippen LogP contribution in [0.1, 0.15) is 29.7 Å². The number of nitrogens with zero attached hydrogens (tertiary/aromatic N) is 1. The molecule has 174 valence electrons. The number of carbonyl (C=O) groups is 1. The SMILES string of the molecule is CCOc1ccc(C(NC(=O)NCc2ccc(OCC(F)(F)F)nc2)c2ccccc2)cc1. The van der Waals surface area contributed by atoms with Gasteiger partial charge in [0.1, 0.15) is 5.75 Å². The van der Waals surface area contributed by atoms with E-state index in [9.17, 15) is 18.0 Å². The average Bonchev–Trinajstić information content (AvgIpc) is 2.81.